The molecule has 0 spiro atoms. The molecule has 4 atom stereocenters. The van der Waals surface area contributed by atoms with Crippen LogP contribution in [0.2, 0.25) is 0 Å². The standard InChI is InChI=1S/C16H23F4N5O2/c1-9(8-27-2)21-15(22-13-7-12(24-25-13)16(18,19)20)23-14(26)10-3-5-11(17)6-4-10/h3-6,9,12-13,15,21-22,24-25H,7-8H2,1-2H3,(H,23,26)/t9-,12?,13?,15?/m0/s1. The summed E-state index contributed by atoms with van der Waals surface area (Å²) in [6.07, 6.45) is -6.23. The number of benzene rings is 1. The fourth-order valence-electron chi connectivity index (χ4n) is 2.61. The van der Waals surface area contributed by atoms with Gasteiger partial charge >= 0.3 is 6.18 Å². The van der Waals surface area contributed by atoms with E-state index in [-0.39, 0.29) is 18.0 Å². The van der Waals surface area contributed by atoms with Gasteiger partial charge in [-0.25, -0.2) is 15.2 Å². The van der Waals surface area contributed by atoms with Gasteiger partial charge < -0.3 is 10.1 Å². The van der Waals surface area contributed by atoms with E-state index in [4.69, 9.17) is 4.74 Å². The summed E-state index contributed by atoms with van der Waals surface area (Å²) in [6, 6.07) is 3.03. The monoisotopic (exact) mass is 393 g/mol. The molecule has 2 rings (SSSR count). The van der Waals surface area contributed by atoms with E-state index < -0.39 is 36.4 Å². The van der Waals surface area contributed by atoms with Gasteiger partial charge in [0.25, 0.3) is 5.91 Å². The third-order valence-corrected chi connectivity index (χ3v) is 3.92. The minimum Gasteiger partial charge on any atom is -0.383 e. The fourth-order valence-corrected chi connectivity index (χ4v) is 2.61. The van der Waals surface area contributed by atoms with Gasteiger partial charge in [0.05, 0.1) is 12.8 Å². The van der Waals surface area contributed by atoms with Crippen LogP contribution in [-0.4, -0.2) is 50.3 Å². The van der Waals surface area contributed by atoms with E-state index in [0.29, 0.717) is 6.61 Å². The number of hydrazine groups is 1. The summed E-state index contributed by atoms with van der Waals surface area (Å²) in [6.45, 7) is 2.12. The highest BCUT2D eigenvalue weighted by molar-refractivity contribution is 5.94. The lowest BCUT2D eigenvalue weighted by Gasteiger charge is -2.27. The molecule has 1 aliphatic heterocycles. The molecule has 0 aliphatic carbocycles. The molecule has 1 aromatic rings. The van der Waals surface area contributed by atoms with Crippen molar-refractivity contribution in [3.8, 4) is 0 Å². The number of hydrogen-bond donors (Lipinski definition) is 5. The number of carbonyl (C=O) groups is 1. The first-order valence-corrected chi connectivity index (χ1v) is 8.34. The number of hydrogen-bond acceptors (Lipinski definition) is 6. The van der Waals surface area contributed by atoms with E-state index in [9.17, 15) is 22.4 Å². The Kier molecular flexibility index (Phi) is 7.50. The summed E-state index contributed by atoms with van der Waals surface area (Å²) < 4.78 is 56.4. The Morgan fingerprint density at radius 2 is 1.96 bits per heavy atom. The molecule has 7 nitrogen and oxygen atoms in total. The summed E-state index contributed by atoms with van der Waals surface area (Å²) in [4.78, 5) is 12.3. The van der Waals surface area contributed by atoms with Crippen molar-refractivity contribution in [3.05, 3.63) is 35.6 Å². The molecule has 1 saturated heterocycles. The average molecular weight is 393 g/mol. The largest absolute Gasteiger partial charge is 0.405 e. The summed E-state index contributed by atoms with van der Waals surface area (Å²) in [5, 5.41) is 8.53. The van der Waals surface area contributed by atoms with Crippen LogP contribution in [0.25, 0.3) is 0 Å². The molecular formula is C16H23F4N5O2. The normalized spacial score (nSPS) is 22.4. The molecule has 1 fully saturated rings. The van der Waals surface area contributed by atoms with Crippen molar-refractivity contribution in [2.75, 3.05) is 13.7 Å². The Balaban J connectivity index is 2.00. The number of halogens is 4. The molecule has 1 amide bonds. The summed E-state index contributed by atoms with van der Waals surface area (Å²) in [5.74, 6) is -0.990. The van der Waals surface area contributed by atoms with Crippen molar-refractivity contribution in [2.45, 2.75) is 44.1 Å². The number of methoxy groups -OCH3 is 1. The maximum Gasteiger partial charge on any atom is 0.405 e. The SMILES string of the molecule is COC[C@H](C)NC(NC(=O)c1ccc(F)cc1)NC1CC(C(F)(F)F)NN1. The minimum atomic E-state index is -4.38. The van der Waals surface area contributed by atoms with Crippen molar-refractivity contribution in [1.29, 1.82) is 0 Å². The van der Waals surface area contributed by atoms with Crippen molar-refractivity contribution < 1.29 is 27.1 Å². The van der Waals surface area contributed by atoms with Crippen LogP contribution in [0.15, 0.2) is 24.3 Å². The van der Waals surface area contributed by atoms with E-state index in [2.05, 4.69) is 26.8 Å². The van der Waals surface area contributed by atoms with Crippen LogP contribution < -0.4 is 26.8 Å². The lowest BCUT2D eigenvalue weighted by molar-refractivity contribution is -0.153. The number of alkyl halides is 3. The van der Waals surface area contributed by atoms with Gasteiger partial charge in [0.15, 0.2) is 0 Å². The second-order valence-corrected chi connectivity index (χ2v) is 6.27. The van der Waals surface area contributed by atoms with Crippen molar-refractivity contribution in [1.82, 2.24) is 26.8 Å². The highest BCUT2D eigenvalue weighted by Crippen LogP contribution is 2.25. The molecule has 1 aliphatic rings. The number of rotatable bonds is 8. The van der Waals surface area contributed by atoms with Crippen LogP contribution >= 0.6 is 0 Å². The molecule has 0 radical (unpaired) electrons. The Morgan fingerprint density at radius 1 is 1.30 bits per heavy atom. The van der Waals surface area contributed by atoms with Gasteiger partial charge in [-0.05, 0) is 31.2 Å². The van der Waals surface area contributed by atoms with Crippen molar-refractivity contribution in [3.63, 3.8) is 0 Å². The molecule has 1 heterocycles. The average Bonchev–Trinajstić information content (AvgIpc) is 3.04. The zero-order valence-electron chi connectivity index (χ0n) is 14.9. The lowest BCUT2D eigenvalue weighted by Crippen LogP contribution is -2.62. The fraction of sp³-hybridized carbons (Fsp3) is 0.562. The first kappa shape index (κ1) is 21.5. The maximum atomic E-state index is 13.0. The van der Waals surface area contributed by atoms with Gasteiger partial charge in [-0.1, -0.05) is 0 Å². The third-order valence-electron chi connectivity index (χ3n) is 3.92. The van der Waals surface area contributed by atoms with E-state index in [1.165, 1.54) is 19.2 Å². The second-order valence-electron chi connectivity index (χ2n) is 6.27. The number of ether oxygens (including phenoxy) is 1. The predicted octanol–water partition coefficient (Wildman–Crippen LogP) is 0.808. The van der Waals surface area contributed by atoms with Gasteiger partial charge in [-0.2, -0.15) is 13.2 Å². The van der Waals surface area contributed by atoms with E-state index in [1.54, 1.807) is 6.92 Å². The van der Waals surface area contributed by atoms with Gasteiger partial charge in [0.2, 0.25) is 0 Å². The van der Waals surface area contributed by atoms with Crippen LogP contribution in [0.1, 0.15) is 23.7 Å². The highest BCUT2D eigenvalue weighted by atomic mass is 19.4. The predicted molar refractivity (Wildman–Crippen MR) is 89.8 cm³/mol. The van der Waals surface area contributed by atoms with E-state index in [1.807, 2.05) is 0 Å². The molecular weight excluding hydrogens is 370 g/mol. The van der Waals surface area contributed by atoms with Gasteiger partial charge in [-0.3, -0.25) is 15.4 Å². The third kappa shape index (κ3) is 6.70. The number of amides is 1. The van der Waals surface area contributed by atoms with E-state index >= 15 is 0 Å². The molecule has 27 heavy (non-hydrogen) atoms. The molecule has 11 heteroatoms. The van der Waals surface area contributed by atoms with Crippen LogP contribution in [0.3, 0.4) is 0 Å². The van der Waals surface area contributed by atoms with E-state index in [0.717, 1.165) is 12.1 Å². The van der Waals surface area contributed by atoms with Crippen LogP contribution in [0.5, 0.6) is 0 Å². The maximum absolute atomic E-state index is 13.0. The van der Waals surface area contributed by atoms with Gasteiger partial charge in [-0.15, -0.1) is 0 Å². The van der Waals surface area contributed by atoms with Gasteiger partial charge in [0.1, 0.15) is 18.1 Å². The summed E-state index contributed by atoms with van der Waals surface area (Å²) in [7, 11) is 1.51. The van der Waals surface area contributed by atoms with Crippen LogP contribution in [0.4, 0.5) is 17.6 Å². The Labute approximate surface area is 154 Å². The second kappa shape index (κ2) is 9.42. The minimum absolute atomic E-state index is 0.200. The Hall–Kier alpha value is -1.79. The molecule has 152 valence electrons. The van der Waals surface area contributed by atoms with Crippen molar-refractivity contribution in [2.24, 2.45) is 0 Å². The van der Waals surface area contributed by atoms with Crippen LogP contribution in [-0.2, 0) is 4.74 Å². The highest BCUT2D eigenvalue weighted by Gasteiger charge is 2.44. The molecule has 0 aromatic heterocycles. The Bertz CT molecular complexity index is 614. The van der Waals surface area contributed by atoms with Crippen molar-refractivity contribution >= 4 is 5.91 Å². The molecule has 0 saturated carbocycles. The first-order chi connectivity index (χ1) is 12.7. The zero-order valence-corrected chi connectivity index (χ0v) is 14.9. The van der Waals surface area contributed by atoms with Gasteiger partial charge in [0, 0.05) is 25.1 Å². The molecule has 1 aromatic carbocycles. The quantitative estimate of drug-likeness (QED) is 0.332. The Morgan fingerprint density at radius 3 is 2.52 bits per heavy atom. The topological polar surface area (TPSA) is 86.5 Å². The number of carbonyl (C=O) groups excluding carboxylic acids is 1. The molecule has 0 bridgehead atoms. The zero-order chi connectivity index (χ0) is 20.0. The summed E-state index contributed by atoms with van der Waals surface area (Å²) >= 11 is 0. The molecule has 5 N–H and O–H groups in total. The first-order valence-electron chi connectivity index (χ1n) is 8.34. The summed E-state index contributed by atoms with van der Waals surface area (Å²) in [5.41, 5.74) is 4.91. The smallest absolute Gasteiger partial charge is 0.383 e. The molecule has 3 unspecified atom stereocenters. The lowest BCUT2D eigenvalue weighted by atomic mass is 10.2. The van der Waals surface area contributed by atoms with Crippen LogP contribution in [0, 0.1) is 5.82 Å². The number of nitrogens with one attached hydrogen (secondary N) is 5.